The number of hydrogen-bond acceptors (Lipinski definition) is 5. The molecule has 0 unspecified atom stereocenters. The molecule has 0 saturated carbocycles. The molecule has 1 aromatic carbocycles. The molecule has 3 rings (SSSR count). The lowest BCUT2D eigenvalue weighted by Crippen LogP contribution is -1.91. The first-order chi connectivity index (χ1) is 10.1. The van der Waals surface area contributed by atoms with Crippen molar-refractivity contribution >= 4 is 31.9 Å². The van der Waals surface area contributed by atoms with Gasteiger partial charge in [0.25, 0.3) is 0 Å². The normalized spacial score (nSPS) is 10.8. The van der Waals surface area contributed by atoms with E-state index in [-0.39, 0.29) is 5.75 Å². The average Bonchev–Trinajstić information content (AvgIpc) is 2.90. The number of pyridine rings is 1. The molecule has 2 aromatic heterocycles. The molecule has 3 aromatic rings. The van der Waals surface area contributed by atoms with Gasteiger partial charge in [-0.15, -0.1) is 0 Å². The van der Waals surface area contributed by atoms with Crippen molar-refractivity contribution in [1.29, 1.82) is 0 Å². The number of hydrogen-bond donors (Lipinski definition) is 1. The summed E-state index contributed by atoms with van der Waals surface area (Å²) in [6.07, 6.45) is 2.03. The Morgan fingerprint density at radius 3 is 2.76 bits per heavy atom. The van der Waals surface area contributed by atoms with Crippen LogP contribution in [0.4, 0.5) is 0 Å². The lowest BCUT2D eigenvalue weighted by Gasteiger charge is -1.99. The van der Waals surface area contributed by atoms with Gasteiger partial charge in [-0.25, -0.2) is 0 Å². The van der Waals surface area contributed by atoms with Crippen LogP contribution in [0.5, 0.6) is 5.75 Å². The molecule has 2 heterocycles. The van der Waals surface area contributed by atoms with Gasteiger partial charge in [0.2, 0.25) is 11.7 Å². The minimum absolute atomic E-state index is 0.209. The fourth-order valence-corrected chi connectivity index (χ4v) is 2.99. The van der Waals surface area contributed by atoms with E-state index >= 15 is 0 Å². The number of phenols is 1. The third-order valence-corrected chi connectivity index (χ3v) is 3.86. The van der Waals surface area contributed by atoms with E-state index in [0.29, 0.717) is 23.8 Å². The zero-order valence-corrected chi connectivity index (χ0v) is 13.8. The second-order valence-electron chi connectivity index (χ2n) is 4.30. The Morgan fingerprint density at radius 1 is 1.19 bits per heavy atom. The number of benzene rings is 1. The van der Waals surface area contributed by atoms with Crippen LogP contribution in [0, 0.1) is 0 Å². The summed E-state index contributed by atoms with van der Waals surface area (Å²) in [6.45, 7) is 0. The molecule has 106 valence electrons. The Balaban J connectivity index is 1.88. The molecule has 0 bridgehead atoms. The Labute approximate surface area is 137 Å². The molecule has 0 aliphatic carbocycles. The molecular weight excluding hydrogens is 402 g/mol. The summed E-state index contributed by atoms with van der Waals surface area (Å²) in [5.41, 5.74) is 1.33. The molecule has 0 amide bonds. The summed E-state index contributed by atoms with van der Waals surface area (Å²) >= 11 is 6.76. The molecule has 0 saturated heterocycles. The lowest BCUT2D eigenvalue weighted by molar-refractivity contribution is 0.383. The van der Waals surface area contributed by atoms with Crippen LogP contribution in [0.1, 0.15) is 11.5 Å². The number of halogens is 2. The molecule has 21 heavy (non-hydrogen) atoms. The van der Waals surface area contributed by atoms with Gasteiger partial charge in [0.15, 0.2) is 0 Å². The molecule has 0 spiro atoms. The first-order valence-electron chi connectivity index (χ1n) is 6.04. The van der Waals surface area contributed by atoms with Crippen LogP contribution in [0.2, 0.25) is 0 Å². The summed E-state index contributed by atoms with van der Waals surface area (Å²) < 4.78 is 6.85. The molecule has 0 fully saturated rings. The molecule has 0 aliphatic heterocycles. The quantitative estimate of drug-likeness (QED) is 0.707. The maximum atomic E-state index is 9.76. The Hall–Kier alpha value is -1.73. The first-order valence-corrected chi connectivity index (χ1v) is 7.63. The highest BCUT2D eigenvalue weighted by Gasteiger charge is 2.14. The maximum absolute atomic E-state index is 9.76. The monoisotopic (exact) mass is 409 g/mol. The fraction of sp³-hybridized carbons (Fsp3) is 0.0714. The minimum Gasteiger partial charge on any atom is -0.508 e. The van der Waals surface area contributed by atoms with E-state index in [0.717, 1.165) is 14.5 Å². The topological polar surface area (TPSA) is 72.0 Å². The average molecular weight is 411 g/mol. The van der Waals surface area contributed by atoms with Gasteiger partial charge in [-0.05, 0) is 44.0 Å². The number of rotatable bonds is 3. The predicted octanol–water partition coefficient (Wildman–Crippen LogP) is 3.95. The second kappa shape index (κ2) is 5.95. The zero-order valence-electron chi connectivity index (χ0n) is 10.6. The largest absolute Gasteiger partial charge is 0.508 e. The van der Waals surface area contributed by atoms with E-state index in [1.54, 1.807) is 18.3 Å². The van der Waals surface area contributed by atoms with E-state index in [1.165, 1.54) is 0 Å². The molecule has 0 aliphatic rings. The van der Waals surface area contributed by atoms with Crippen molar-refractivity contribution in [2.75, 3.05) is 0 Å². The van der Waals surface area contributed by atoms with Crippen LogP contribution in [-0.4, -0.2) is 20.2 Å². The summed E-state index contributed by atoms with van der Waals surface area (Å²) in [4.78, 5) is 8.57. The third kappa shape index (κ3) is 3.14. The predicted molar refractivity (Wildman–Crippen MR) is 83.8 cm³/mol. The Morgan fingerprint density at radius 2 is 2.00 bits per heavy atom. The molecule has 1 N–H and O–H groups in total. The van der Waals surface area contributed by atoms with E-state index < -0.39 is 0 Å². The number of para-hydroxylation sites is 1. The molecule has 7 heteroatoms. The van der Waals surface area contributed by atoms with Crippen LogP contribution < -0.4 is 0 Å². The summed E-state index contributed by atoms with van der Waals surface area (Å²) in [5, 5.41) is 13.7. The number of aromatic hydroxyl groups is 1. The standard InChI is InChI=1S/C14H9Br2N3O2/c15-9-6-10(16)13(17-7-9)14-18-12(21-19-14)5-8-3-1-2-4-11(8)20/h1-4,6-7,20H,5H2. The smallest absolute Gasteiger partial charge is 0.231 e. The fourth-order valence-electron chi connectivity index (χ4n) is 1.83. The Bertz CT molecular complexity index is 789. The zero-order chi connectivity index (χ0) is 14.8. The highest BCUT2D eigenvalue weighted by atomic mass is 79.9. The van der Waals surface area contributed by atoms with Crippen LogP contribution in [-0.2, 0) is 6.42 Å². The van der Waals surface area contributed by atoms with Crippen molar-refractivity contribution in [3.63, 3.8) is 0 Å². The van der Waals surface area contributed by atoms with E-state index in [1.807, 2.05) is 18.2 Å². The number of nitrogens with zero attached hydrogens (tertiary/aromatic N) is 3. The van der Waals surface area contributed by atoms with Gasteiger partial charge in [0.1, 0.15) is 11.4 Å². The van der Waals surface area contributed by atoms with Crippen LogP contribution >= 0.6 is 31.9 Å². The van der Waals surface area contributed by atoms with Crippen molar-refractivity contribution < 1.29 is 9.63 Å². The highest BCUT2D eigenvalue weighted by Crippen LogP contribution is 2.27. The second-order valence-corrected chi connectivity index (χ2v) is 6.07. The van der Waals surface area contributed by atoms with Crippen molar-refractivity contribution in [2.45, 2.75) is 6.42 Å². The van der Waals surface area contributed by atoms with E-state index in [4.69, 9.17) is 4.52 Å². The molecular formula is C14H9Br2N3O2. The maximum Gasteiger partial charge on any atom is 0.231 e. The van der Waals surface area contributed by atoms with E-state index in [2.05, 4.69) is 47.0 Å². The van der Waals surface area contributed by atoms with Gasteiger partial charge in [-0.1, -0.05) is 23.4 Å². The third-order valence-electron chi connectivity index (χ3n) is 2.82. The number of phenolic OH excluding ortho intramolecular Hbond substituents is 1. The van der Waals surface area contributed by atoms with E-state index in [9.17, 15) is 5.11 Å². The summed E-state index contributed by atoms with van der Waals surface area (Å²) in [5.74, 6) is 1.03. The van der Waals surface area contributed by atoms with Crippen molar-refractivity contribution in [3.05, 3.63) is 56.9 Å². The minimum atomic E-state index is 0.209. The van der Waals surface area contributed by atoms with Crippen molar-refractivity contribution in [2.24, 2.45) is 0 Å². The lowest BCUT2D eigenvalue weighted by atomic mass is 10.1. The summed E-state index contributed by atoms with van der Waals surface area (Å²) in [6, 6.07) is 8.91. The molecule has 5 nitrogen and oxygen atoms in total. The molecule has 0 radical (unpaired) electrons. The first kappa shape index (κ1) is 14.2. The number of aromatic nitrogens is 3. The summed E-state index contributed by atoms with van der Waals surface area (Å²) in [7, 11) is 0. The Kier molecular flexibility index (Phi) is 4.03. The van der Waals surface area contributed by atoms with Gasteiger partial charge in [-0.3, -0.25) is 4.98 Å². The SMILES string of the molecule is Oc1ccccc1Cc1nc(-c2ncc(Br)cc2Br)no1. The molecule has 0 atom stereocenters. The highest BCUT2D eigenvalue weighted by molar-refractivity contribution is 9.11. The van der Waals surface area contributed by atoms with Crippen molar-refractivity contribution in [3.8, 4) is 17.3 Å². The van der Waals surface area contributed by atoms with Crippen LogP contribution in [0.3, 0.4) is 0 Å². The van der Waals surface area contributed by atoms with Gasteiger partial charge < -0.3 is 9.63 Å². The van der Waals surface area contributed by atoms with Gasteiger partial charge in [-0.2, -0.15) is 4.98 Å². The van der Waals surface area contributed by atoms with Crippen LogP contribution in [0.15, 0.2) is 50.0 Å². The van der Waals surface area contributed by atoms with Crippen LogP contribution in [0.25, 0.3) is 11.5 Å². The van der Waals surface area contributed by atoms with Gasteiger partial charge in [0, 0.05) is 20.7 Å². The van der Waals surface area contributed by atoms with Crippen molar-refractivity contribution in [1.82, 2.24) is 15.1 Å². The van der Waals surface area contributed by atoms with Gasteiger partial charge >= 0.3 is 0 Å². The van der Waals surface area contributed by atoms with Gasteiger partial charge in [0.05, 0.1) is 6.42 Å².